The molecule has 7 heteroatoms. The van der Waals surface area contributed by atoms with Crippen LogP contribution in [0.4, 0.5) is 4.79 Å². The van der Waals surface area contributed by atoms with Gasteiger partial charge in [-0.3, -0.25) is 19.3 Å². The Bertz CT molecular complexity index is 541. The normalized spacial score (nSPS) is 18.5. The van der Waals surface area contributed by atoms with Crippen molar-refractivity contribution in [2.24, 2.45) is 0 Å². The largest absolute Gasteiger partial charge is 0.354 e. The van der Waals surface area contributed by atoms with Crippen molar-refractivity contribution in [1.82, 2.24) is 15.1 Å². The number of carbonyl (C=O) groups excluding carboxylic acids is 4. The van der Waals surface area contributed by atoms with Gasteiger partial charge in [-0.05, 0) is 38.5 Å². The highest BCUT2D eigenvalue weighted by molar-refractivity contribution is 6.45. The summed E-state index contributed by atoms with van der Waals surface area (Å²) < 4.78 is 0. The predicted molar refractivity (Wildman–Crippen MR) is 83.3 cm³/mol. The molecule has 0 radical (unpaired) electrons. The minimum atomic E-state index is -0.923. The van der Waals surface area contributed by atoms with Gasteiger partial charge < -0.3 is 5.32 Å². The van der Waals surface area contributed by atoms with E-state index < -0.39 is 30.3 Å². The fourth-order valence-corrected chi connectivity index (χ4v) is 2.80. The molecule has 126 valence electrons. The number of urea groups is 1. The van der Waals surface area contributed by atoms with Crippen LogP contribution in [0.3, 0.4) is 0 Å². The average Bonchev–Trinajstić information content (AvgIpc) is 2.74. The van der Waals surface area contributed by atoms with E-state index in [4.69, 9.17) is 0 Å². The lowest BCUT2D eigenvalue weighted by Gasteiger charge is -2.15. The van der Waals surface area contributed by atoms with E-state index >= 15 is 0 Å². The molecule has 0 bridgehead atoms. The molecule has 1 aliphatic heterocycles. The standard InChI is InChI=1S/C16H23N3O4/c1-2-10-18-14(21)15(22)19(16(18)23)11-13(20)17-9-8-12-6-4-3-5-7-12/h6H,2-5,7-11H2,1H3,(H,17,20). The van der Waals surface area contributed by atoms with Crippen LogP contribution in [0.1, 0.15) is 45.4 Å². The van der Waals surface area contributed by atoms with E-state index in [0.29, 0.717) is 17.9 Å². The highest BCUT2D eigenvalue weighted by atomic mass is 16.2. The molecule has 0 aromatic heterocycles. The fraction of sp³-hybridized carbons (Fsp3) is 0.625. The van der Waals surface area contributed by atoms with Crippen LogP contribution in [0.25, 0.3) is 0 Å². The zero-order valence-corrected chi connectivity index (χ0v) is 13.5. The average molecular weight is 321 g/mol. The number of nitrogens with zero attached hydrogens (tertiary/aromatic N) is 2. The third-order valence-electron chi connectivity index (χ3n) is 4.04. The lowest BCUT2D eigenvalue weighted by Crippen LogP contribution is -2.41. The molecular formula is C16H23N3O4. The van der Waals surface area contributed by atoms with Crippen molar-refractivity contribution in [2.45, 2.75) is 45.4 Å². The molecule has 1 saturated heterocycles. The van der Waals surface area contributed by atoms with Crippen molar-refractivity contribution in [3.63, 3.8) is 0 Å². The van der Waals surface area contributed by atoms with Crippen molar-refractivity contribution in [2.75, 3.05) is 19.6 Å². The molecule has 0 atom stereocenters. The molecular weight excluding hydrogens is 298 g/mol. The number of carbonyl (C=O) groups is 4. The van der Waals surface area contributed by atoms with E-state index in [1.165, 1.54) is 18.4 Å². The number of hydrogen-bond donors (Lipinski definition) is 1. The molecule has 23 heavy (non-hydrogen) atoms. The third-order valence-corrected chi connectivity index (χ3v) is 4.04. The number of hydrogen-bond acceptors (Lipinski definition) is 4. The highest BCUT2D eigenvalue weighted by Gasteiger charge is 2.44. The quantitative estimate of drug-likeness (QED) is 0.433. The van der Waals surface area contributed by atoms with E-state index in [1.54, 1.807) is 6.92 Å². The minimum absolute atomic E-state index is 0.190. The van der Waals surface area contributed by atoms with E-state index in [-0.39, 0.29) is 6.54 Å². The number of rotatable bonds is 7. The summed E-state index contributed by atoms with van der Waals surface area (Å²) in [4.78, 5) is 49.0. The zero-order valence-electron chi connectivity index (χ0n) is 13.5. The Hall–Kier alpha value is -2.18. The molecule has 5 amide bonds. The molecule has 1 aliphatic carbocycles. The maximum absolute atomic E-state index is 12.0. The van der Waals surface area contributed by atoms with Crippen molar-refractivity contribution < 1.29 is 19.2 Å². The molecule has 0 aromatic rings. The molecule has 7 nitrogen and oxygen atoms in total. The molecule has 0 unspecified atom stereocenters. The molecule has 0 spiro atoms. The summed E-state index contributed by atoms with van der Waals surface area (Å²) in [7, 11) is 0. The number of nitrogens with one attached hydrogen (secondary N) is 1. The van der Waals surface area contributed by atoms with Gasteiger partial charge in [0, 0.05) is 13.1 Å². The van der Waals surface area contributed by atoms with Gasteiger partial charge in [-0.1, -0.05) is 18.6 Å². The van der Waals surface area contributed by atoms with Crippen LogP contribution in [-0.2, 0) is 14.4 Å². The van der Waals surface area contributed by atoms with Gasteiger partial charge in [0.25, 0.3) is 0 Å². The van der Waals surface area contributed by atoms with Crippen LogP contribution < -0.4 is 5.32 Å². The highest BCUT2D eigenvalue weighted by Crippen LogP contribution is 2.19. The monoisotopic (exact) mass is 321 g/mol. The van der Waals surface area contributed by atoms with E-state index in [9.17, 15) is 19.2 Å². The Morgan fingerprint density at radius 1 is 1.17 bits per heavy atom. The van der Waals surface area contributed by atoms with E-state index in [0.717, 1.165) is 24.2 Å². The van der Waals surface area contributed by atoms with Gasteiger partial charge in [0.15, 0.2) is 0 Å². The molecule has 2 aliphatic rings. The summed E-state index contributed by atoms with van der Waals surface area (Å²) in [6.45, 7) is 2.08. The van der Waals surface area contributed by atoms with Gasteiger partial charge in [-0.15, -0.1) is 0 Å². The van der Waals surface area contributed by atoms with Gasteiger partial charge >= 0.3 is 17.8 Å². The summed E-state index contributed by atoms with van der Waals surface area (Å²) in [5.74, 6) is -2.19. The van der Waals surface area contributed by atoms with Gasteiger partial charge in [-0.25, -0.2) is 9.69 Å². The van der Waals surface area contributed by atoms with Crippen molar-refractivity contribution in [3.05, 3.63) is 11.6 Å². The van der Waals surface area contributed by atoms with Crippen LogP contribution in [0.2, 0.25) is 0 Å². The summed E-state index contributed by atoms with van der Waals surface area (Å²) in [5, 5.41) is 2.70. The maximum Gasteiger partial charge on any atom is 0.334 e. The molecule has 1 fully saturated rings. The summed E-state index contributed by atoms with van der Waals surface area (Å²) in [6.07, 6.45) is 8.14. The Kier molecular flexibility index (Phi) is 5.90. The van der Waals surface area contributed by atoms with E-state index in [1.807, 2.05) is 0 Å². The zero-order chi connectivity index (χ0) is 16.8. The van der Waals surface area contributed by atoms with Crippen LogP contribution >= 0.6 is 0 Å². The lowest BCUT2D eigenvalue weighted by molar-refractivity contribution is -0.144. The van der Waals surface area contributed by atoms with Gasteiger partial charge in [0.2, 0.25) is 5.91 Å². The van der Waals surface area contributed by atoms with Gasteiger partial charge in [-0.2, -0.15) is 0 Å². The van der Waals surface area contributed by atoms with E-state index in [2.05, 4.69) is 11.4 Å². The topological polar surface area (TPSA) is 86.8 Å². The Balaban J connectivity index is 1.80. The SMILES string of the molecule is CCCN1C(=O)C(=O)N(CC(=O)NCCC2=CCCCC2)C1=O. The Labute approximate surface area is 135 Å². The molecule has 2 rings (SSSR count). The molecule has 1 heterocycles. The molecule has 0 saturated carbocycles. The first-order chi connectivity index (χ1) is 11.0. The first-order valence-corrected chi connectivity index (χ1v) is 8.16. The summed E-state index contributed by atoms with van der Waals surface area (Å²) >= 11 is 0. The van der Waals surface area contributed by atoms with Crippen LogP contribution in [0.5, 0.6) is 0 Å². The second kappa shape index (κ2) is 7.89. The Morgan fingerprint density at radius 2 is 1.91 bits per heavy atom. The molecule has 0 aromatic carbocycles. The van der Waals surface area contributed by atoms with Crippen molar-refractivity contribution in [3.8, 4) is 0 Å². The van der Waals surface area contributed by atoms with Gasteiger partial charge in [0.1, 0.15) is 6.54 Å². The first-order valence-electron chi connectivity index (χ1n) is 8.16. The first kappa shape index (κ1) is 17.2. The maximum atomic E-state index is 12.0. The van der Waals surface area contributed by atoms with Gasteiger partial charge in [0.05, 0.1) is 0 Å². The second-order valence-electron chi connectivity index (χ2n) is 5.84. The Morgan fingerprint density at radius 3 is 2.57 bits per heavy atom. The summed E-state index contributed by atoms with van der Waals surface area (Å²) in [5.41, 5.74) is 1.34. The number of amides is 5. The second-order valence-corrected chi connectivity index (χ2v) is 5.84. The predicted octanol–water partition coefficient (Wildman–Crippen LogP) is 1.19. The smallest absolute Gasteiger partial charge is 0.334 e. The van der Waals surface area contributed by atoms with Crippen LogP contribution in [-0.4, -0.2) is 53.2 Å². The van der Waals surface area contributed by atoms with Crippen molar-refractivity contribution >= 4 is 23.8 Å². The third kappa shape index (κ3) is 4.18. The van der Waals surface area contributed by atoms with Crippen molar-refractivity contribution in [1.29, 1.82) is 0 Å². The summed E-state index contributed by atoms with van der Waals surface area (Å²) in [6, 6.07) is -0.702. The number of allylic oxidation sites excluding steroid dienone is 1. The van der Waals surface area contributed by atoms with Crippen LogP contribution in [0.15, 0.2) is 11.6 Å². The minimum Gasteiger partial charge on any atom is -0.354 e. The fourth-order valence-electron chi connectivity index (χ4n) is 2.80. The lowest BCUT2D eigenvalue weighted by atomic mass is 9.97. The number of imide groups is 2. The van der Waals surface area contributed by atoms with Crippen LogP contribution in [0, 0.1) is 0 Å². The molecule has 1 N–H and O–H groups in total.